The average Bonchev–Trinajstić information content (AvgIpc) is 3.04. The zero-order chi connectivity index (χ0) is 24.7. The third kappa shape index (κ3) is 6.59. The zero-order valence-electron chi connectivity index (χ0n) is 20.6. The Morgan fingerprint density at radius 3 is 2.65 bits per heavy atom. The van der Waals surface area contributed by atoms with Crippen LogP contribution in [-0.2, 0) is 23.1 Å². The SMILES string of the molecule is Cc1ccc2c(c1)C(=O)NCCN(C(=O)CCc1c(C)nn(C)c1C)CCCC(=O)NCCO2. The van der Waals surface area contributed by atoms with E-state index in [1.807, 2.05) is 38.6 Å². The summed E-state index contributed by atoms with van der Waals surface area (Å²) in [6.45, 7) is 7.63. The molecule has 0 spiro atoms. The van der Waals surface area contributed by atoms with Crippen LogP contribution in [0.1, 0.15) is 52.1 Å². The Hall–Kier alpha value is -3.36. The minimum absolute atomic E-state index is 0.00112. The van der Waals surface area contributed by atoms with Crippen LogP contribution in [0.4, 0.5) is 0 Å². The Morgan fingerprint density at radius 2 is 1.91 bits per heavy atom. The van der Waals surface area contributed by atoms with Crippen molar-refractivity contribution in [2.75, 3.05) is 32.8 Å². The number of nitrogens with one attached hydrogen (secondary N) is 2. The van der Waals surface area contributed by atoms with Gasteiger partial charge in [0.1, 0.15) is 12.4 Å². The predicted octanol–water partition coefficient (Wildman–Crippen LogP) is 1.83. The number of carbonyl (C=O) groups is 3. The van der Waals surface area contributed by atoms with Gasteiger partial charge in [-0.25, -0.2) is 0 Å². The molecule has 0 bridgehead atoms. The van der Waals surface area contributed by atoms with E-state index in [-0.39, 0.29) is 24.3 Å². The monoisotopic (exact) mass is 469 g/mol. The maximum absolute atomic E-state index is 13.1. The van der Waals surface area contributed by atoms with Crippen molar-refractivity contribution in [1.29, 1.82) is 0 Å². The van der Waals surface area contributed by atoms with Gasteiger partial charge in [0, 0.05) is 45.2 Å². The van der Waals surface area contributed by atoms with Crippen molar-refractivity contribution in [2.24, 2.45) is 7.05 Å². The number of hydrogen-bond donors (Lipinski definition) is 2. The Morgan fingerprint density at radius 1 is 1.12 bits per heavy atom. The third-order valence-corrected chi connectivity index (χ3v) is 6.16. The maximum atomic E-state index is 13.1. The fraction of sp³-hybridized carbons (Fsp3) is 0.520. The van der Waals surface area contributed by atoms with Crippen LogP contribution in [0.5, 0.6) is 5.75 Å². The van der Waals surface area contributed by atoms with Gasteiger partial charge in [0.15, 0.2) is 0 Å². The van der Waals surface area contributed by atoms with Crippen molar-refractivity contribution < 1.29 is 19.1 Å². The first-order valence-electron chi connectivity index (χ1n) is 11.8. The summed E-state index contributed by atoms with van der Waals surface area (Å²) in [6.07, 6.45) is 1.84. The molecule has 0 saturated carbocycles. The molecular formula is C25H35N5O4. The second-order valence-corrected chi connectivity index (χ2v) is 8.71. The summed E-state index contributed by atoms with van der Waals surface area (Å²) in [5, 5.41) is 10.2. The lowest BCUT2D eigenvalue weighted by Crippen LogP contribution is -2.39. The highest BCUT2D eigenvalue weighted by Gasteiger charge is 2.19. The lowest BCUT2D eigenvalue weighted by atomic mass is 10.1. The number of ether oxygens (including phenoxy) is 1. The second-order valence-electron chi connectivity index (χ2n) is 8.71. The summed E-state index contributed by atoms with van der Waals surface area (Å²) in [7, 11) is 1.90. The molecule has 2 aromatic rings. The average molecular weight is 470 g/mol. The van der Waals surface area contributed by atoms with Gasteiger partial charge < -0.3 is 20.3 Å². The van der Waals surface area contributed by atoms with Crippen molar-refractivity contribution in [2.45, 2.75) is 46.5 Å². The van der Waals surface area contributed by atoms with E-state index in [0.29, 0.717) is 63.2 Å². The zero-order valence-corrected chi connectivity index (χ0v) is 20.6. The molecule has 184 valence electrons. The maximum Gasteiger partial charge on any atom is 0.255 e. The smallest absolute Gasteiger partial charge is 0.255 e. The number of aryl methyl sites for hydroxylation is 3. The minimum Gasteiger partial charge on any atom is -0.491 e. The summed E-state index contributed by atoms with van der Waals surface area (Å²) in [5.41, 5.74) is 4.48. The molecule has 34 heavy (non-hydrogen) atoms. The highest BCUT2D eigenvalue weighted by molar-refractivity contribution is 5.97. The van der Waals surface area contributed by atoms with Gasteiger partial charge in [0.05, 0.1) is 17.8 Å². The molecule has 3 amide bonds. The summed E-state index contributed by atoms with van der Waals surface area (Å²) < 4.78 is 7.58. The van der Waals surface area contributed by atoms with E-state index in [0.717, 1.165) is 22.5 Å². The van der Waals surface area contributed by atoms with Crippen LogP contribution in [0, 0.1) is 20.8 Å². The van der Waals surface area contributed by atoms with E-state index < -0.39 is 0 Å². The van der Waals surface area contributed by atoms with Gasteiger partial charge in [-0.3, -0.25) is 19.1 Å². The molecule has 9 nitrogen and oxygen atoms in total. The van der Waals surface area contributed by atoms with Gasteiger partial charge >= 0.3 is 0 Å². The molecule has 1 aromatic carbocycles. The fourth-order valence-electron chi connectivity index (χ4n) is 4.15. The highest BCUT2D eigenvalue weighted by atomic mass is 16.5. The highest BCUT2D eigenvalue weighted by Crippen LogP contribution is 2.20. The topological polar surface area (TPSA) is 106 Å². The van der Waals surface area contributed by atoms with Gasteiger partial charge in [-0.2, -0.15) is 5.10 Å². The molecule has 0 unspecified atom stereocenters. The van der Waals surface area contributed by atoms with Crippen LogP contribution in [0.2, 0.25) is 0 Å². The molecule has 1 aliphatic rings. The molecule has 2 N–H and O–H groups in total. The van der Waals surface area contributed by atoms with Crippen LogP contribution < -0.4 is 15.4 Å². The molecular weight excluding hydrogens is 434 g/mol. The summed E-state index contributed by atoms with van der Waals surface area (Å²) in [6, 6.07) is 5.43. The number of rotatable bonds is 3. The van der Waals surface area contributed by atoms with Crippen molar-refractivity contribution >= 4 is 17.7 Å². The van der Waals surface area contributed by atoms with Crippen molar-refractivity contribution in [3.8, 4) is 5.75 Å². The van der Waals surface area contributed by atoms with Crippen LogP contribution in [0.15, 0.2) is 18.2 Å². The van der Waals surface area contributed by atoms with E-state index in [1.165, 1.54) is 0 Å². The van der Waals surface area contributed by atoms with Gasteiger partial charge in [-0.15, -0.1) is 0 Å². The van der Waals surface area contributed by atoms with E-state index in [1.54, 1.807) is 17.0 Å². The Bertz CT molecular complexity index is 1050. The Kier molecular flexibility index (Phi) is 8.67. The number of aromatic nitrogens is 2. The minimum atomic E-state index is -0.244. The first-order chi connectivity index (χ1) is 16.3. The summed E-state index contributed by atoms with van der Waals surface area (Å²) in [4.78, 5) is 39.8. The molecule has 1 aliphatic heterocycles. The summed E-state index contributed by atoms with van der Waals surface area (Å²) in [5.74, 6) is 0.154. The van der Waals surface area contributed by atoms with Crippen molar-refractivity contribution in [3.63, 3.8) is 0 Å². The fourth-order valence-corrected chi connectivity index (χ4v) is 4.15. The number of fused-ring (bicyclic) bond motifs is 1. The van der Waals surface area contributed by atoms with E-state index >= 15 is 0 Å². The molecule has 2 heterocycles. The van der Waals surface area contributed by atoms with Crippen molar-refractivity contribution in [3.05, 3.63) is 46.3 Å². The molecule has 0 saturated heterocycles. The number of carbonyl (C=O) groups excluding carboxylic acids is 3. The van der Waals surface area contributed by atoms with E-state index in [9.17, 15) is 14.4 Å². The predicted molar refractivity (Wildman–Crippen MR) is 129 cm³/mol. The first kappa shape index (κ1) is 25.3. The van der Waals surface area contributed by atoms with Crippen LogP contribution >= 0.6 is 0 Å². The summed E-state index contributed by atoms with van der Waals surface area (Å²) >= 11 is 0. The normalized spacial score (nSPS) is 15.9. The number of amides is 3. The molecule has 9 heteroatoms. The van der Waals surface area contributed by atoms with Gasteiger partial charge in [-0.1, -0.05) is 11.6 Å². The molecule has 3 rings (SSSR count). The molecule has 0 aliphatic carbocycles. The van der Waals surface area contributed by atoms with Crippen molar-refractivity contribution in [1.82, 2.24) is 25.3 Å². The lowest BCUT2D eigenvalue weighted by molar-refractivity contribution is -0.131. The van der Waals surface area contributed by atoms with Crippen LogP contribution in [0.25, 0.3) is 0 Å². The molecule has 0 radical (unpaired) electrons. The lowest BCUT2D eigenvalue weighted by Gasteiger charge is -2.23. The van der Waals surface area contributed by atoms with E-state index in [4.69, 9.17) is 4.74 Å². The van der Waals surface area contributed by atoms with Crippen LogP contribution in [-0.4, -0.2) is 65.2 Å². The number of benzene rings is 1. The Balaban J connectivity index is 1.69. The molecule has 0 atom stereocenters. The first-order valence-corrected chi connectivity index (χ1v) is 11.8. The van der Waals surface area contributed by atoms with E-state index in [2.05, 4.69) is 15.7 Å². The van der Waals surface area contributed by atoms with Gasteiger partial charge in [0.25, 0.3) is 5.91 Å². The Labute approximate surface area is 200 Å². The number of nitrogens with zero attached hydrogens (tertiary/aromatic N) is 3. The second kappa shape index (κ2) is 11.7. The van der Waals surface area contributed by atoms with Gasteiger partial charge in [-0.05, 0) is 51.3 Å². The van der Waals surface area contributed by atoms with Crippen LogP contribution in [0.3, 0.4) is 0 Å². The molecule has 0 fully saturated rings. The standard InChI is InChI=1S/C25H35N5O4/c1-17-7-9-22-21(16-17)25(33)27-11-14-30(13-5-6-23(31)26-12-15-34-22)24(32)10-8-20-18(2)28-29(4)19(20)3/h7,9,16H,5-6,8,10-15H2,1-4H3,(H,26,31)(H,27,33). The number of hydrogen-bond acceptors (Lipinski definition) is 5. The largest absolute Gasteiger partial charge is 0.491 e. The molecule has 1 aromatic heterocycles. The quantitative estimate of drug-likeness (QED) is 0.714. The third-order valence-electron chi connectivity index (χ3n) is 6.16. The van der Waals surface area contributed by atoms with Gasteiger partial charge in [0.2, 0.25) is 11.8 Å².